The van der Waals surface area contributed by atoms with Crippen molar-refractivity contribution < 1.29 is 9.32 Å². The molecule has 1 aromatic carbocycles. The summed E-state index contributed by atoms with van der Waals surface area (Å²) in [7, 11) is 0. The molecule has 2 heterocycles. The van der Waals surface area contributed by atoms with Crippen molar-refractivity contribution in [3.8, 4) is 0 Å². The van der Waals surface area contributed by atoms with Gasteiger partial charge in [0.25, 0.3) is 5.91 Å². The van der Waals surface area contributed by atoms with Crippen LogP contribution >= 0.6 is 11.6 Å². The maximum Gasteiger partial charge on any atom is 0.277 e. The molecule has 0 saturated carbocycles. The van der Waals surface area contributed by atoms with E-state index in [0.717, 1.165) is 5.56 Å². The minimum atomic E-state index is -0.403. The average Bonchev–Trinajstić information content (AvgIpc) is 2.99. The molecule has 0 aliphatic rings. The Morgan fingerprint density at radius 2 is 1.96 bits per heavy atom. The second-order valence-corrected chi connectivity index (χ2v) is 5.48. The van der Waals surface area contributed by atoms with E-state index in [-0.39, 0.29) is 5.69 Å². The smallest absolute Gasteiger partial charge is 0.277 e. The monoisotopic (exact) mass is 343 g/mol. The van der Waals surface area contributed by atoms with Crippen LogP contribution in [0, 0.1) is 6.92 Å². The molecule has 2 aromatic heterocycles. The number of nitrogens with one attached hydrogen (secondary N) is 2. The van der Waals surface area contributed by atoms with E-state index in [0.29, 0.717) is 29.0 Å². The fourth-order valence-corrected chi connectivity index (χ4v) is 2.06. The van der Waals surface area contributed by atoms with Crippen LogP contribution in [-0.2, 0) is 6.54 Å². The van der Waals surface area contributed by atoms with Gasteiger partial charge in [-0.1, -0.05) is 28.9 Å². The summed E-state index contributed by atoms with van der Waals surface area (Å²) >= 11 is 5.84. The van der Waals surface area contributed by atoms with E-state index in [4.69, 9.17) is 16.1 Å². The number of hydrogen-bond acceptors (Lipinski definition) is 6. The first kappa shape index (κ1) is 15.9. The average molecular weight is 344 g/mol. The number of carbonyl (C=O) groups is 1. The zero-order chi connectivity index (χ0) is 16.9. The maximum absolute atomic E-state index is 12.0. The highest BCUT2D eigenvalue weighted by atomic mass is 35.5. The van der Waals surface area contributed by atoms with Gasteiger partial charge in [0.05, 0.1) is 12.4 Å². The molecule has 7 nitrogen and oxygen atoms in total. The molecular formula is C16H14ClN5O2. The van der Waals surface area contributed by atoms with Gasteiger partial charge in [0, 0.05) is 17.6 Å². The van der Waals surface area contributed by atoms with Gasteiger partial charge in [0.1, 0.15) is 17.3 Å². The van der Waals surface area contributed by atoms with Crippen molar-refractivity contribution in [3.63, 3.8) is 0 Å². The minimum absolute atomic E-state index is 0.188. The predicted octanol–water partition coefficient (Wildman–Crippen LogP) is 3.29. The summed E-state index contributed by atoms with van der Waals surface area (Å²) in [5, 5.41) is 10.1. The molecule has 3 aromatic rings. The first-order valence-electron chi connectivity index (χ1n) is 7.15. The second kappa shape index (κ2) is 7.10. The molecule has 2 N–H and O–H groups in total. The lowest BCUT2D eigenvalue weighted by atomic mass is 10.2. The summed E-state index contributed by atoms with van der Waals surface area (Å²) in [5.74, 6) is 1.11. The molecule has 122 valence electrons. The van der Waals surface area contributed by atoms with Crippen LogP contribution in [0.5, 0.6) is 0 Å². The number of amides is 1. The molecule has 0 saturated heterocycles. The Morgan fingerprint density at radius 3 is 2.58 bits per heavy atom. The van der Waals surface area contributed by atoms with Crippen molar-refractivity contribution in [2.75, 3.05) is 10.6 Å². The van der Waals surface area contributed by atoms with Gasteiger partial charge in [-0.15, -0.1) is 0 Å². The molecule has 0 aliphatic carbocycles. The molecule has 0 aliphatic heterocycles. The predicted molar refractivity (Wildman–Crippen MR) is 90.0 cm³/mol. The number of aromatic nitrogens is 3. The first-order chi connectivity index (χ1) is 11.6. The van der Waals surface area contributed by atoms with Crippen molar-refractivity contribution >= 4 is 29.1 Å². The summed E-state index contributed by atoms with van der Waals surface area (Å²) in [5.41, 5.74) is 1.25. The van der Waals surface area contributed by atoms with E-state index in [9.17, 15) is 4.79 Å². The molecule has 0 radical (unpaired) electrons. The number of carbonyl (C=O) groups excluding carboxylic acids is 1. The van der Waals surface area contributed by atoms with Crippen molar-refractivity contribution in [2.45, 2.75) is 13.5 Å². The summed E-state index contributed by atoms with van der Waals surface area (Å²) in [6.07, 6.45) is 2.89. The number of nitrogens with zero attached hydrogens (tertiary/aromatic N) is 3. The van der Waals surface area contributed by atoms with Crippen LogP contribution in [0.3, 0.4) is 0 Å². The highest BCUT2D eigenvalue weighted by Gasteiger charge is 2.10. The minimum Gasteiger partial charge on any atom is -0.365 e. The molecule has 0 spiro atoms. The number of aryl methyl sites for hydroxylation is 1. The van der Waals surface area contributed by atoms with Gasteiger partial charge in [-0.05, 0) is 24.6 Å². The van der Waals surface area contributed by atoms with E-state index in [2.05, 4.69) is 25.8 Å². The Bertz CT molecular complexity index is 830. The molecular weight excluding hydrogens is 330 g/mol. The van der Waals surface area contributed by atoms with Crippen LogP contribution < -0.4 is 10.6 Å². The molecule has 0 fully saturated rings. The quantitative estimate of drug-likeness (QED) is 0.738. The lowest BCUT2D eigenvalue weighted by molar-refractivity contribution is 0.102. The topological polar surface area (TPSA) is 92.9 Å². The van der Waals surface area contributed by atoms with Gasteiger partial charge in [-0.3, -0.25) is 4.79 Å². The Labute approximate surface area is 143 Å². The van der Waals surface area contributed by atoms with Gasteiger partial charge >= 0.3 is 0 Å². The fourth-order valence-electron chi connectivity index (χ4n) is 1.94. The van der Waals surface area contributed by atoms with Crippen LogP contribution in [0.15, 0.2) is 47.2 Å². The zero-order valence-corrected chi connectivity index (χ0v) is 13.5. The van der Waals surface area contributed by atoms with Crippen LogP contribution in [-0.4, -0.2) is 21.0 Å². The molecule has 24 heavy (non-hydrogen) atoms. The molecule has 0 unspecified atom stereocenters. The van der Waals surface area contributed by atoms with Crippen molar-refractivity contribution in [2.24, 2.45) is 0 Å². The lowest BCUT2D eigenvalue weighted by Gasteiger charge is -2.06. The third-order valence-corrected chi connectivity index (χ3v) is 3.39. The van der Waals surface area contributed by atoms with Gasteiger partial charge in [0.2, 0.25) is 0 Å². The highest BCUT2D eigenvalue weighted by Crippen LogP contribution is 2.12. The summed E-state index contributed by atoms with van der Waals surface area (Å²) in [4.78, 5) is 20.3. The van der Waals surface area contributed by atoms with Gasteiger partial charge < -0.3 is 15.2 Å². The van der Waals surface area contributed by atoms with E-state index < -0.39 is 5.91 Å². The van der Waals surface area contributed by atoms with Gasteiger partial charge in [-0.2, -0.15) is 0 Å². The molecule has 3 rings (SSSR count). The van der Waals surface area contributed by atoms with Crippen molar-refractivity contribution in [3.05, 3.63) is 64.8 Å². The number of hydrogen-bond donors (Lipinski definition) is 2. The highest BCUT2D eigenvalue weighted by molar-refractivity contribution is 6.30. The largest absolute Gasteiger partial charge is 0.365 e. The number of benzene rings is 1. The van der Waals surface area contributed by atoms with Crippen LogP contribution in [0.25, 0.3) is 0 Å². The van der Waals surface area contributed by atoms with Crippen molar-refractivity contribution in [1.29, 1.82) is 0 Å². The molecule has 0 atom stereocenters. The maximum atomic E-state index is 12.0. The van der Waals surface area contributed by atoms with E-state index in [1.807, 2.05) is 24.3 Å². The number of anilines is 2. The summed E-state index contributed by atoms with van der Waals surface area (Å²) < 4.78 is 4.88. The van der Waals surface area contributed by atoms with E-state index in [1.165, 1.54) is 12.4 Å². The molecule has 1 amide bonds. The number of rotatable bonds is 5. The lowest BCUT2D eigenvalue weighted by Crippen LogP contribution is -2.14. The number of halogens is 1. The van der Waals surface area contributed by atoms with Crippen LogP contribution in [0.1, 0.15) is 21.8 Å². The Morgan fingerprint density at radius 1 is 1.17 bits per heavy atom. The van der Waals surface area contributed by atoms with E-state index >= 15 is 0 Å². The normalized spacial score (nSPS) is 10.4. The summed E-state index contributed by atoms with van der Waals surface area (Å²) in [6.45, 7) is 2.32. The molecule has 8 heteroatoms. The standard InChI is InChI=1S/C16H14ClN5O2/c1-10-6-14(22-24-10)21-16(23)13-8-20-15(9-18-13)19-7-11-2-4-12(17)5-3-11/h2-6,8-9H,7H2,1H3,(H,19,20)(H,21,22,23). The third-order valence-electron chi connectivity index (χ3n) is 3.14. The second-order valence-electron chi connectivity index (χ2n) is 5.04. The van der Waals surface area contributed by atoms with E-state index in [1.54, 1.807) is 13.0 Å². The Balaban J connectivity index is 1.58. The first-order valence-corrected chi connectivity index (χ1v) is 7.53. The Kier molecular flexibility index (Phi) is 4.72. The fraction of sp³-hybridized carbons (Fsp3) is 0.125. The molecule has 0 bridgehead atoms. The van der Waals surface area contributed by atoms with Crippen LogP contribution in [0.4, 0.5) is 11.6 Å². The third kappa shape index (κ3) is 4.08. The summed E-state index contributed by atoms with van der Waals surface area (Å²) in [6, 6.07) is 9.11. The zero-order valence-electron chi connectivity index (χ0n) is 12.8. The SMILES string of the molecule is Cc1cc(NC(=O)c2cnc(NCc3ccc(Cl)cc3)cn2)no1. The van der Waals surface area contributed by atoms with Gasteiger partial charge in [-0.25, -0.2) is 9.97 Å². The van der Waals surface area contributed by atoms with Gasteiger partial charge in [0.15, 0.2) is 5.82 Å². The Hall–Kier alpha value is -2.93. The van der Waals surface area contributed by atoms with Crippen molar-refractivity contribution in [1.82, 2.24) is 15.1 Å². The van der Waals surface area contributed by atoms with Crippen LogP contribution in [0.2, 0.25) is 5.02 Å².